The van der Waals surface area contributed by atoms with Crippen LogP contribution in [0.4, 0.5) is 0 Å². The number of halogens is 1. The molecule has 0 radical (unpaired) electrons. The van der Waals surface area contributed by atoms with E-state index in [9.17, 15) is 0 Å². The number of rotatable bonds is 3. The van der Waals surface area contributed by atoms with Crippen molar-refractivity contribution in [2.75, 3.05) is 18.8 Å². The van der Waals surface area contributed by atoms with Gasteiger partial charge in [-0.1, -0.05) is 11.8 Å². The molecule has 1 aromatic rings. The van der Waals surface area contributed by atoms with Crippen LogP contribution in [-0.4, -0.2) is 23.8 Å². The average Bonchev–Trinajstić information content (AvgIpc) is 2.63. The van der Waals surface area contributed by atoms with Crippen molar-refractivity contribution in [1.82, 2.24) is 10.3 Å². The maximum absolute atomic E-state index is 4.46. The number of nitrogens with zero attached hydrogens (tertiary/aromatic N) is 1. The summed E-state index contributed by atoms with van der Waals surface area (Å²) in [7, 11) is 0. The average molecular weight is 265 g/mol. The maximum atomic E-state index is 4.46. The third kappa shape index (κ3) is 4.31. The Balaban J connectivity index is 0.00000112. The highest BCUT2D eigenvalue weighted by Crippen LogP contribution is 2.27. The van der Waals surface area contributed by atoms with Crippen LogP contribution in [0.5, 0.6) is 0 Å². The molecule has 0 saturated carbocycles. The van der Waals surface area contributed by atoms with E-state index in [1.165, 1.54) is 36.0 Å². The lowest BCUT2D eigenvalue weighted by atomic mass is 10.0. The van der Waals surface area contributed by atoms with Gasteiger partial charge in [-0.25, -0.2) is 4.98 Å². The topological polar surface area (TPSA) is 24.9 Å². The van der Waals surface area contributed by atoms with E-state index in [0.717, 1.165) is 11.6 Å². The van der Waals surface area contributed by atoms with Crippen molar-refractivity contribution in [1.29, 1.82) is 0 Å². The predicted molar refractivity (Wildman–Crippen MR) is 70.4 cm³/mol. The highest BCUT2D eigenvalue weighted by Gasteiger charge is 2.13. The van der Waals surface area contributed by atoms with Crippen molar-refractivity contribution in [3.63, 3.8) is 0 Å². The van der Waals surface area contributed by atoms with Gasteiger partial charge in [0.15, 0.2) is 0 Å². The molecule has 0 amide bonds. The van der Waals surface area contributed by atoms with Crippen LogP contribution in [0.1, 0.15) is 18.5 Å². The van der Waals surface area contributed by atoms with Gasteiger partial charge in [-0.05, 0) is 38.8 Å². The van der Waals surface area contributed by atoms with Gasteiger partial charge in [0.05, 0.1) is 0 Å². The maximum Gasteiger partial charge on any atom is 0.150 e. The highest BCUT2D eigenvalue weighted by molar-refractivity contribution is 8.01. The number of nitrogens with one attached hydrogen (secondary N) is 1. The summed E-state index contributed by atoms with van der Waals surface area (Å²) in [5.41, 5.74) is 1.16. The Kier molecular flexibility index (Phi) is 5.97. The molecule has 1 aliphatic heterocycles. The zero-order chi connectivity index (χ0) is 9.80. The number of aromatic nitrogens is 1. The molecular formula is C10H17ClN2S2. The van der Waals surface area contributed by atoms with Crippen LogP contribution in [-0.2, 0) is 0 Å². The number of piperidine rings is 1. The third-order valence-electron chi connectivity index (χ3n) is 2.50. The fourth-order valence-corrected chi connectivity index (χ4v) is 3.70. The van der Waals surface area contributed by atoms with Crippen molar-refractivity contribution in [2.45, 2.75) is 24.1 Å². The van der Waals surface area contributed by atoms with Gasteiger partial charge in [-0.2, -0.15) is 0 Å². The lowest BCUT2D eigenvalue weighted by Gasteiger charge is -2.21. The van der Waals surface area contributed by atoms with Crippen LogP contribution in [0.15, 0.2) is 9.72 Å². The summed E-state index contributed by atoms with van der Waals surface area (Å²) in [5, 5.41) is 5.52. The molecule has 15 heavy (non-hydrogen) atoms. The molecule has 0 bridgehead atoms. The standard InChI is InChI=1S/C10H16N2S2.ClH/c1-8-6-13-10(12-8)14-7-9-2-4-11-5-3-9;/h6,9,11H,2-5,7H2,1H3;1H. The minimum atomic E-state index is 0. The Morgan fingerprint density at radius 2 is 2.27 bits per heavy atom. The second kappa shape index (κ2) is 6.74. The van der Waals surface area contributed by atoms with E-state index >= 15 is 0 Å². The van der Waals surface area contributed by atoms with Gasteiger partial charge in [0.2, 0.25) is 0 Å². The molecule has 0 atom stereocenters. The Morgan fingerprint density at radius 1 is 1.53 bits per heavy atom. The van der Waals surface area contributed by atoms with E-state index in [4.69, 9.17) is 0 Å². The molecule has 1 saturated heterocycles. The summed E-state index contributed by atoms with van der Waals surface area (Å²) in [6.07, 6.45) is 2.66. The van der Waals surface area contributed by atoms with E-state index in [0.29, 0.717) is 0 Å². The molecule has 0 aliphatic carbocycles. The minimum Gasteiger partial charge on any atom is -0.317 e. The Bertz CT molecular complexity index is 285. The Hall–Kier alpha value is 0.230. The summed E-state index contributed by atoms with van der Waals surface area (Å²) >= 11 is 3.70. The van der Waals surface area contributed by atoms with Gasteiger partial charge in [-0.3, -0.25) is 0 Å². The van der Waals surface area contributed by atoms with Crippen molar-refractivity contribution < 1.29 is 0 Å². The van der Waals surface area contributed by atoms with Gasteiger partial charge in [0.25, 0.3) is 0 Å². The van der Waals surface area contributed by atoms with Gasteiger partial charge < -0.3 is 5.32 Å². The highest BCUT2D eigenvalue weighted by atomic mass is 35.5. The minimum absolute atomic E-state index is 0. The molecule has 5 heteroatoms. The zero-order valence-corrected chi connectivity index (χ0v) is 11.3. The first kappa shape index (κ1) is 13.3. The van der Waals surface area contributed by atoms with Crippen LogP contribution < -0.4 is 5.32 Å². The molecule has 2 rings (SSSR count). The van der Waals surface area contributed by atoms with Gasteiger partial charge in [0.1, 0.15) is 4.34 Å². The second-order valence-corrected chi connectivity index (χ2v) is 5.88. The molecule has 86 valence electrons. The van der Waals surface area contributed by atoms with Crippen molar-refractivity contribution in [3.8, 4) is 0 Å². The van der Waals surface area contributed by atoms with Crippen LogP contribution in [0.25, 0.3) is 0 Å². The Morgan fingerprint density at radius 3 is 2.87 bits per heavy atom. The fourth-order valence-electron chi connectivity index (χ4n) is 1.64. The van der Waals surface area contributed by atoms with Crippen LogP contribution in [0.3, 0.4) is 0 Å². The molecule has 2 nitrogen and oxygen atoms in total. The van der Waals surface area contributed by atoms with Crippen LogP contribution >= 0.6 is 35.5 Å². The van der Waals surface area contributed by atoms with E-state index < -0.39 is 0 Å². The Labute approximate surface area is 106 Å². The SMILES string of the molecule is Cc1csc(SCC2CCNCC2)n1.Cl. The summed E-state index contributed by atoms with van der Waals surface area (Å²) in [6, 6.07) is 0. The number of hydrogen-bond acceptors (Lipinski definition) is 4. The number of thiazole rings is 1. The molecular weight excluding hydrogens is 248 g/mol. The molecule has 1 fully saturated rings. The largest absolute Gasteiger partial charge is 0.317 e. The number of aryl methyl sites for hydroxylation is 1. The molecule has 0 spiro atoms. The van der Waals surface area contributed by atoms with Crippen LogP contribution in [0.2, 0.25) is 0 Å². The van der Waals surface area contributed by atoms with Gasteiger partial charge in [0, 0.05) is 16.8 Å². The summed E-state index contributed by atoms with van der Waals surface area (Å²) in [6.45, 7) is 4.45. The van der Waals surface area contributed by atoms with E-state index in [1.54, 1.807) is 11.3 Å². The predicted octanol–water partition coefficient (Wildman–Crippen LogP) is 2.97. The second-order valence-electron chi connectivity index (χ2n) is 3.76. The lowest BCUT2D eigenvalue weighted by Crippen LogP contribution is -2.28. The zero-order valence-electron chi connectivity index (χ0n) is 8.86. The summed E-state index contributed by atoms with van der Waals surface area (Å²) < 4.78 is 1.24. The summed E-state index contributed by atoms with van der Waals surface area (Å²) in [5.74, 6) is 2.14. The van der Waals surface area contributed by atoms with Crippen molar-refractivity contribution in [2.24, 2.45) is 5.92 Å². The van der Waals surface area contributed by atoms with E-state index in [1.807, 2.05) is 11.8 Å². The molecule has 1 aliphatic rings. The normalized spacial score (nSPS) is 17.4. The third-order valence-corrected chi connectivity index (χ3v) is 4.87. The first-order valence-electron chi connectivity index (χ1n) is 5.10. The molecule has 0 unspecified atom stereocenters. The smallest absolute Gasteiger partial charge is 0.150 e. The number of thioether (sulfide) groups is 1. The fraction of sp³-hybridized carbons (Fsp3) is 0.700. The van der Waals surface area contributed by atoms with Gasteiger partial charge in [-0.15, -0.1) is 23.7 Å². The van der Waals surface area contributed by atoms with Crippen LogP contribution in [0, 0.1) is 12.8 Å². The number of hydrogen-bond donors (Lipinski definition) is 1. The molecule has 2 heterocycles. The van der Waals surface area contributed by atoms with E-state index in [2.05, 4.69) is 22.6 Å². The monoisotopic (exact) mass is 264 g/mol. The molecule has 1 aromatic heterocycles. The van der Waals surface area contributed by atoms with Gasteiger partial charge >= 0.3 is 0 Å². The van der Waals surface area contributed by atoms with E-state index in [-0.39, 0.29) is 12.4 Å². The van der Waals surface area contributed by atoms with Crippen molar-refractivity contribution in [3.05, 3.63) is 11.1 Å². The van der Waals surface area contributed by atoms with Crippen molar-refractivity contribution >= 4 is 35.5 Å². The lowest BCUT2D eigenvalue weighted by molar-refractivity contribution is 0.408. The first-order valence-corrected chi connectivity index (χ1v) is 6.97. The first-order chi connectivity index (χ1) is 6.84. The quantitative estimate of drug-likeness (QED) is 0.850. The molecule has 0 aromatic carbocycles. The molecule has 1 N–H and O–H groups in total. The summed E-state index contributed by atoms with van der Waals surface area (Å²) in [4.78, 5) is 4.46.